The summed E-state index contributed by atoms with van der Waals surface area (Å²) in [5.41, 5.74) is 1.64. The van der Waals surface area contributed by atoms with E-state index in [1.165, 1.54) is 18.2 Å². The van der Waals surface area contributed by atoms with Crippen molar-refractivity contribution < 1.29 is 43.9 Å². The fraction of sp³-hybridized carbons (Fsp3) is 0.278. The molecule has 1 N–H and O–H groups in total. The Balaban J connectivity index is 1.95. The van der Waals surface area contributed by atoms with E-state index in [4.69, 9.17) is 8.74 Å². The average molecular weight is 462 g/mol. The fourth-order valence-electron chi connectivity index (χ4n) is 2.99. The van der Waals surface area contributed by atoms with Crippen molar-refractivity contribution in [3.05, 3.63) is 53.6 Å². The van der Waals surface area contributed by atoms with E-state index >= 15 is 0 Å². The van der Waals surface area contributed by atoms with E-state index in [-0.39, 0.29) is 5.75 Å². The van der Waals surface area contributed by atoms with Gasteiger partial charge in [-0.3, -0.25) is 4.55 Å². The fourth-order valence-corrected chi connectivity index (χ4v) is 4.33. The first kappa shape index (κ1) is 22.1. The standard InChI is InChI=1S/C18H16F2O8S2/c19-18(20,30(24,25)26)17(21)27-15-9-3-4-11-16(15)29(22,23)28-14-10-5-7-12-6-1-2-8-13(12)14/h3-5,7,9-11H,1-2,6,8H2,(H,24,25,26). The van der Waals surface area contributed by atoms with Gasteiger partial charge in [0.1, 0.15) is 10.6 Å². The van der Waals surface area contributed by atoms with Gasteiger partial charge in [-0.05, 0) is 55.0 Å². The lowest BCUT2D eigenvalue weighted by atomic mass is 9.91. The second kappa shape index (κ2) is 7.93. The zero-order valence-electron chi connectivity index (χ0n) is 15.2. The van der Waals surface area contributed by atoms with Crippen molar-refractivity contribution in [2.24, 2.45) is 0 Å². The molecule has 0 bridgehead atoms. The lowest BCUT2D eigenvalue weighted by Gasteiger charge is -2.19. The van der Waals surface area contributed by atoms with Gasteiger partial charge in [0.05, 0.1) is 0 Å². The van der Waals surface area contributed by atoms with Gasteiger partial charge in [0.25, 0.3) is 0 Å². The minimum Gasteiger partial charge on any atom is -0.420 e. The maximum absolute atomic E-state index is 13.5. The summed E-state index contributed by atoms with van der Waals surface area (Å²) in [6.07, 6.45) is 3.14. The summed E-state index contributed by atoms with van der Waals surface area (Å²) in [6.45, 7) is 0. The molecule has 0 spiro atoms. The van der Waals surface area contributed by atoms with Crippen LogP contribution in [0.2, 0.25) is 0 Å². The van der Waals surface area contributed by atoms with Crippen LogP contribution in [0, 0.1) is 0 Å². The van der Waals surface area contributed by atoms with Crippen LogP contribution < -0.4 is 8.92 Å². The van der Waals surface area contributed by atoms with Gasteiger partial charge in [-0.15, -0.1) is 0 Å². The van der Waals surface area contributed by atoms with E-state index in [9.17, 15) is 30.4 Å². The molecule has 1 aliphatic rings. The molecule has 0 saturated carbocycles. The highest BCUT2D eigenvalue weighted by atomic mass is 32.2. The third kappa shape index (κ3) is 4.30. The number of ether oxygens (including phenoxy) is 1. The first-order chi connectivity index (χ1) is 13.9. The van der Waals surface area contributed by atoms with Crippen molar-refractivity contribution in [1.82, 2.24) is 0 Å². The predicted molar refractivity (Wildman–Crippen MR) is 99.5 cm³/mol. The molecule has 30 heavy (non-hydrogen) atoms. The summed E-state index contributed by atoms with van der Waals surface area (Å²) < 4.78 is 91.9. The number of carbonyl (C=O) groups excluding carboxylic acids is 1. The Morgan fingerprint density at radius 3 is 2.27 bits per heavy atom. The van der Waals surface area contributed by atoms with Crippen LogP contribution in [-0.2, 0) is 37.9 Å². The van der Waals surface area contributed by atoms with E-state index < -0.39 is 42.1 Å². The first-order valence-electron chi connectivity index (χ1n) is 8.65. The Morgan fingerprint density at radius 2 is 1.57 bits per heavy atom. The van der Waals surface area contributed by atoms with Gasteiger partial charge in [-0.2, -0.15) is 25.6 Å². The molecule has 2 aromatic carbocycles. The normalized spacial score (nSPS) is 14.6. The number of hydrogen-bond donors (Lipinski definition) is 1. The maximum atomic E-state index is 13.5. The highest BCUT2D eigenvalue weighted by molar-refractivity contribution is 7.87. The predicted octanol–water partition coefficient (Wildman–Crippen LogP) is 2.72. The highest BCUT2D eigenvalue weighted by Gasteiger charge is 2.54. The van der Waals surface area contributed by atoms with Crippen molar-refractivity contribution in [2.45, 2.75) is 35.8 Å². The monoisotopic (exact) mass is 462 g/mol. The van der Waals surface area contributed by atoms with Gasteiger partial charge in [-0.25, -0.2) is 4.79 Å². The van der Waals surface area contributed by atoms with Crippen molar-refractivity contribution in [1.29, 1.82) is 0 Å². The molecule has 1 aliphatic carbocycles. The quantitative estimate of drug-likeness (QED) is 0.301. The van der Waals surface area contributed by atoms with Gasteiger partial charge < -0.3 is 8.92 Å². The molecule has 3 rings (SSSR count). The van der Waals surface area contributed by atoms with Crippen LogP contribution in [0.4, 0.5) is 8.78 Å². The number of carbonyl (C=O) groups is 1. The van der Waals surface area contributed by atoms with Crippen LogP contribution in [0.15, 0.2) is 47.4 Å². The smallest absolute Gasteiger partial charge is 0.420 e. The number of fused-ring (bicyclic) bond motifs is 1. The number of halogens is 2. The Kier molecular flexibility index (Phi) is 5.85. The van der Waals surface area contributed by atoms with Crippen LogP contribution >= 0.6 is 0 Å². The molecule has 0 amide bonds. The zero-order valence-corrected chi connectivity index (χ0v) is 16.9. The lowest BCUT2D eigenvalue weighted by molar-refractivity contribution is -0.151. The number of alkyl halides is 2. The second-order valence-electron chi connectivity index (χ2n) is 6.47. The van der Waals surface area contributed by atoms with Gasteiger partial charge in [0, 0.05) is 0 Å². The molecule has 0 saturated heterocycles. The Labute approximate surface area is 171 Å². The van der Waals surface area contributed by atoms with E-state index in [0.29, 0.717) is 12.0 Å². The summed E-state index contributed by atoms with van der Waals surface area (Å²) in [7, 11) is -10.8. The molecule has 0 aliphatic heterocycles. The van der Waals surface area contributed by atoms with E-state index in [1.807, 2.05) is 6.07 Å². The average Bonchev–Trinajstić information content (AvgIpc) is 2.67. The summed E-state index contributed by atoms with van der Waals surface area (Å²) in [5, 5.41) is -5.29. The Bertz CT molecular complexity index is 1190. The molecule has 12 heteroatoms. The maximum Gasteiger partial charge on any atom is 0.466 e. The van der Waals surface area contributed by atoms with Gasteiger partial charge in [-0.1, -0.05) is 24.3 Å². The van der Waals surface area contributed by atoms with E-state index in [2.05, 4.69) is 4.74 Å². The molecule has 0 heterocycles. The summed E-state index contributed by atoms with van der Waals surface area (Å²) in [4.78, 5) is 10.8. The van der Waals surface area contributed by atoms with Gasteiger partial charge >= 0.3 is 31.5 Å². The topological polar surface area (TPSA) is 124 Å². The molecular weight excluding hydrogens is 446 g/mol. The third-order valence-electron chi connectivity index (χ3n) is 4.44. The lowest BCUT2D eigenvalue weighted by Crippen LogP contribution is -2.40. The van der Waals surface area contributed by atoms with E-state index in [0.717, 1.165) is 37.0 Å². The summed E-state index contributed by atoms with van der Waals surface area (Å²) >= 11 is 0. The number of rotatable bonds is 6. The number of hydrogen-bond acceptors (Lipinski definition) is 7. The number of esters is 1. The summed E-state index contributed by atoms with van der Waals surface area (Å²) in [6, 6.07) is 9.14. The van der Waals surface area contributed by atoms with Crippen LogP contribution in [0.25, 0.3) is 0 Å². The SMILES string of the molecule is O=C(Oc1ccccc1S(=O)(=O)Oc1cccc2c1CCCC2)C(F)(F)S(=O)(=O)O. The Hall–Kier alpha value is -2.57. The molecule has 8 nitrogen and oxygen atoms in total. The molecule has 0 atom stereocenters. The van der Waals surface area contributed by atoms with Crippen molar-refractivity contribution in [3.8, 4) is 11.5 Å². The molecule has 0 unspecified atom stereocenters. The molecule has 0 fully saturated rings. The minimum absolute atomic E-state index is 0.0663. The van der Waals surface area contributed by atoms with Gasteiger partial charge in [0.15, 0.2) is 5.75 Å². The van der Waals surface area contributed by atoms with Crippen LogP contribution in [0.3, 0.4) is 0 Å². The number of para-hydroxylation sites is 1. The molecular formula is C18H16F2O8S2. The number of benzene rings is 2. The third-order valence-corrected chi connectivity index (χ3v) is 6.52. The van der Waals surface area contributed by atoms with Crippen molar-refractivity contribution in [2.75, 3.05) is 0 Å². The number of aryl methyl sites for hydroxylation is 1. The van der Waals surface area contributed by atoms with Crippen LogP contribution in [0.1, 0.15) is 24.0 Å². The largest absolute Gasteiger partial charge is 0.466 e. The molecule has 162 valence electrons. The molecule has 0 radical (unpaired) electrons. The molecule has 0 aromatic heterocycles. The highest BCUT2D eigenvalue weighted by Crippen LogP contribution is 2.34. The molecule has 2 aromatic rings. The van der Waals surface area contributed by atoms with Crippen molar-refractivity contribution >= 4 is 26.2 Å². The van der Waals surface area contributed by atoms with Crippen LogP contribution in [-0.4, -0.2) is 32.6 Å². The zero-order chi connectivity index (χ0) is 22.2. The van der Waals surface area contributed by atoms with Crippen molar-refractivity contribution in [3.63, 3.8) is 0 Å². The van der Waals surface area contributed by atoms with Gasteiger partial charge in [0.2, 0.25) is 0 Å². The summed E-state index contributed by atoms with van der Waals surface area (Å²) in [5.74, 6) is -3.48. The first-order valence-corrected chi connectivity index (χ1v) is 11.5. The second-order valence-corrected chi connectivity index (χ2v) is 9.44. The minimum atomic E-state index is -6.12. The van der Waals surface area contributed by atoms with Crippen LogP contribution in [0.5, 0.6) is 11.5 Å². The van der Waals surface area contributed by atoms with E-state index in [1.54, 1.807) is 6.07 Å². The Morgan fingerprint density at radius 1 is 0.933 bits per heavy atom.